The Balaban J connectivity index is 3.26. The predicted octanol–water partition coefficient (Wildman–Crippen LogP) is 0.622. The fourth-order valence-corrected chi connectivity index (χ4v) is 1.27. The summed E-state index contributed by atoms with van der Waals surface area (Å²) < 4.78 is 0. The van der Waals surface area contributed by atoms with Gasteiger partial charge >= 0.3 is 0 Å². The number of rotatable bonds is 3. The largest absolute Gasteiger partial charge is 0.493 e. The van der Waals surface area contributed by atoms with Crippen LogP contribution >= 0.6 is 0 Å². The maximum Gasteiger partial charge on any atom is 0.257 e. The molecule has 0 aliphatic heterocycles. The number of aromatic amines is 1. The van der Waals surface area contributed by atoms with Crippen molar-refractivity contribution in [2.24, 2.45) is 5.73 Å². The summed E-state index contributed by atoms with van der Waals surface area (Å²) >= 11 is 0. The van der Waals surface area contributed by atoms with E-state index < -0.39 is 5.54 Å². The number of nitrogens with zero attached hydrogens (tertiary/aromatic N) is 1. The smallest absolute Gasteiger partial charge is 0.257 e. The molecule has 1 rings (SSSR count). The lowest BCUT2D eigenvalue weighted by Gasteiger charge is -2.17. The standard InChI is InChI=1S/C10H17N3O2/c1-4-5-6-7(14)12-9(10(2,3)11)13-8(6)15/h4-5,11H2,1-3H3,(H2,12,13,14,15). The first-order valence-electron chi connectivity index (χ1n) is 4.97. The molecule has 0 unspecified atom stereocenters. The van der Waals surface area contributed by atoms with Gasteiger partial charge in [0.15, 0.2) is 0 Å². The van der Waals surface area contributed by atoms with Gasteiger partial charge in [0.1, 0.15) is 5.82 Å². The van der Waals surface area contributed by atoms with Crippen LogP contribution in [0, 0.1) is 0 Å². The zero-order chi connectivity index (χ0) is 11.6. The highest BCUT2D eigenvalue weighted by Crippen LogP contribution is 2.16. The fourth-order valence-electron chi connectivity index (χ4n) is 1.27. The average Bonchev–Trinajstić information content (AvgIpc) is 2.09. The molecule has 0 aliphatic carbocycles. The van der Waals surface area contributed by atoms with Crippen LogP contribution in [0.1, 0.15) is 38.6 Å². The van der Waals surface area contributed by atoms with Crippen LogP contribution in [0.2, 0.25) is 0 Å². The first-order valence-corrected chi connectivity index (χ1v) is 4.97. The highest BCUT2D eigenvalue weighted by Gasteiger charge is 2.20. The summed E-state index contributed by atoms with van der Waals surface area (Å²) in [6.45, 7) is 5.36. The van der Waals surface area contributed by atoms with Crippen molar-refractivity contribution in [3.05, 3.63) is 21.7 Å². The van der Waals surface area contributed by atoms with Crippen LogP contribution in [0.5, 0.6) is 5.88 Å². The van der Waals surface area contributed by atoms with Crippen LogP contribution in [0.15, 0.2) is 4.79 Å². The number of nitrogens with two attached hydrogens (primary N) is 1. The highest BCUT2D eigenvalue weighted by molar-refractivity contribution is 5.24. The van der Waals surface area contributed by atoms with Crippen molar-refractivity contribution in [3.63, 3.8) is 0 Å². The van der Waals surface area contributed by atoms with Crippen LogP contribution in [0.3, 0.4) is 0 Å². The highest BCUT2D eigenvalue weighted by atomic mass is 16.3. The summed E-state index contributed by atoms with van der Waals surface area (Å²) in [5, 5.41) is 9.58. The molecule has 0 saturated heterocycles. The van der Waals surface area contributed by atoms with Crippen LogP contribution in [0.4, 0.5) is 0 Å². The Bertz CT molecular complexity index is 404. The van der Waals surface area contributed by atoms with E-state index in [1.54, 1.807) is 13.8 Å². The van der Waals surface area contributed by atoms with E-state index in [0.29, 0.717) is 17.8 Å². The van der Waals surface area contributed by atoms with Crippen LogP contribution in [-0.2, 0) is 12.0 Å². The predicted molar refractivity (Wildman–Crippen MR) is 57.7 cm³/mol. The van der Waals surface area contributed by atoms with E-state index in [0.717, 1.165) is 6.42 Å². The quantitative estimate of drug-likeness (QED) is 0.683. The lowest BCUT2D eigenvalue weighted by molar-refractivity contribution is 0.422. The molecule has 0 radical (unpaired) electrons. The number of hydrogen-bond donors (Lipinski definition) is 3. The van der Waals surface area contributed by atoms with Crippen molar-refractivity contribution in [2.45, 2.75) is 39.2 Å². The maximum atomic E-state index is 11.6. The maximum absolute atomic E-state index is 11.6. The lowest BCUT2D eigenvalue weighted by Crippen LogP contribution is -2.34. The average molecular weight is 211 g/mol. The zero-order valence-corrected chi connectivity index (χ0v) is 9.29. The summed E-state index contributed by atoms with van der Waals surface area (Å²) in [7, 11) is 0. The fraction of sp³-hybridized carbons (Fsp3) is 0.600. The number of nitrogens with one attached hydrogen (secondary N) is 1. The minimum atomic E-state index is -0.763. The van der Waals surface area contributed by atoms with Crippen molar-refractivity contribution in [1.82, 2.24) is 9.97 Å². The Hall–Kier alpha value is -1.36. The van der Waals surface area contributed by atoms with Gasteiger partial charge in [-0.3, -0.25) is 4.79 Å². The van der Waals surface area contributed by atoms with Gasteiger partial charge in [-0.2, -0.15) is 4.98 Å². The molecule has 1 aromatic heterocycles. The summed E-state index contributed by atoms with van der Waals surface area (Å²) in [6.07, 6.45) is 1.29. The Morgan fingerprint density at radius 1 is 1.53 bits per heavy atom. The Morgan fingerprint density at radius 2 is 2.13 bits per heavy atom. The summed E-state index contributed by atoms with van der Waals surface area (Å²) in [5.74, 6) is 0.0824. The third-order valence-electron chi connectivity index (χ3n) is 2.10. The topological polar surface area (TPSA) is 92.0 Å². The zero-order valence-electron chi connectivity index (χ0n) is 9.29. The van der Waals surface area contributed by atoms with E-state index in [4.69, 9.17) is 5.73 Å². The van der Waals surface area contributed by atoms with Crippen molar-refractivity contribution < 1.29 is 5.11 Å². The number of aromatic nitrogens is 2. The molecule has 5 heteroatoms. The summed E-state index contributed by atoms with van der Waals surface area (Å²) in [6, 6.07) is 0. The molecule has 0 saturated carbocycles. The van der Waals surface area contributed by atoms with Gasteiger partial charge < -0.3 is 15.8 Å². The normalized spacial score (nSPS) is 11.7. The minimum absolute atomic E-state index is 0.214. The van der Waals surface area contributed by atoms with E-state index in [2.05, 4.69) is 9.97 Å². The molecular weight excluding hydrogens is 194 g/mol. The van der Waals surface area contributed by atoms with Crippen LogP contribution < -0.4 is 11.3 Å². The molecule has 15 heavy (non-hydrogen) atoms. The van der Waals surface area contributed by atoms with E-state index >= 15 is 0 Å². The van der Waals surface area contributed by atoms with Gasteiger partial charge in [0.05, 0.1) is 11.1 Å². The van der Waals surface area contributed by atoms with Gasteiger partial charge in [0, 0.05) is 0 Å². The van der Waals surface area contributed by atoms with Gasteiger partial charge in [0.25, 0.3) is 5.56 Å². The Kier molecular flexibility index (Phi) is 3.14. The molecular formula is C10H17N3O2. The third kappa shape index (κ3) is 2.56. The molecule has 0 fully saturated rings. The van der Waals surface area contributed by atoms with Gasteiger partial charge in [-0.15, -0.1) is 0 Å². The van der Waals surface area contributed by atoms with E-state index in [-0.39, 0.29) is 11.4 Å². The molecule has 1 aromatic rings. The summed E-state index contributed by atoms with van der Waals surface area (Å²) in [5.41, 5.74) is 5.03. The molecule has 1 heterocycles. The molecule has 0 amide bonds. The van der Waals surface area contributed by atoms with Gasteiger partial charge in [-0.1, -0.05) is 13.3 Å². The second-order valence-corrected chi connectivity index (χ2v) is 4.19. The molecule has 0 atom stereocenters. The van der Waals surface area contributed by atoms with Gasteiger partial charge in [-0.25, -0.2) is 0 Å². The molecule has 84 valence electrons. The molecule has 0 spiro atoms. The second-order valence-electron chi connectivity index (χ2n) is 4.19. The van der Waals surface area contributed by atoms with Gasteiger partial charge in [-0.05, 0) is 20.3 Å². The summed E-state index contributed by atoms with van der Waals surface area (Å²) in [4.78, 5) is 18.1. The molecule has 4 N–H and O–H groups in total. The van der Waals surface area contributed by atoms with Crippen molar-refractivity contribution in [3.8, 4) is 5.88 Å². The molecule has 0 bridgehead atoms. The Morgan fingerprint density at radius 3 is 2.53 bits per heavy atom. The monoisotopic (exact) mass is 211 g/mol. The molecule has 5 nitrogen and oxygen atoms in total. The third-order valence-corrected chi connectivity index (χ3v) is 2.10. The number of H-pyrrole nitrogens is 1. The molecule has 0 aromatic carbocycles. The first kappa shape index (κ1) is 11.7. The first-order chi connectivity index (χ1) is 6.86. The SMILES string of the molecule is CCCc1c(O)nc(C(C)(C)N)[nH]c1=O. The van der Waals surface area contributed by atoms with Gasteiger partial charge in [0.2, 0.25) is 5.88 Å². The molecule has 0 aliphatic rings. The number of hydrogen-bond acceptors (Lipinski definition) is 4. The van der Waals surface area contributed by atoms with E-state index in [1.165, 1.54) is 0 Å². The van der Waals surface area contributed by atoms with Crippen molar-refractivity contribution in [1.29, 1.82) is 0 Å². The van der Waals surface area contributed by atoms with Crippen molar-refractivity contribution in [2.75, 3.05) is 0 Å². The van der Waals surface area contributed by atoms with Crippen LogP contribution in [0.25, 0.3) is 0 Å². The second kappa shape index (κ2) is 4.02. The van der Waals surface area contributed by atoms with E-state index in [1.807, 2.05) is 6.92 Å². The van der Waals surface area contributed by atoms with Crippen molar-refractivity contribution >= 4 is 0 Å². The minimum Gasteiger partial charge on any atom is -0.493 e. The lowest BCUT2D eigenvalue weighted by atomic mass is 10.1. The van der Waals surface area contributed by atoms with E-state index in [9.17, 15) is 9.90 Å². The Labute approximate surface area is 88.4 Å². The van der Waals surface area contributed by atoms with Crippen LogP contribution in [-0.4, -0.2) is 15.1 Å². The number of aromatic hydroxyl groups is 1.